The van der Waals surface area contributed by atoms with Gasteiger partial charge in [-0.15, -0.1) is 0 Å². The number of nitrogens with one attached hydrogen (secondary N) is 1. The fraction of sp³-hybridized carbons (Fsp3) is 0.0833. The molecule has 12 heteroatoms. The highest BCUT2D eigenvalue weighted by Gasteiger charge is 2.35. The summed E-state index contributed by atoms with van der Waals surface area (Å²) in [7, 11) is 0. The molecule has 0 bridgehead atoms. The van der Waals surface area contributed by atoms with Crippen molar-refractivity contribution in [3.63, 3.8) is 0 Å². The molecule has 0 fully saturated rings. The van der Waals surface area contributed by atoms with Gasteiger partial charge in [-0.2, -0.15) is 23.4 Å². The molecular weight excluding hydrogens is 483 g/mol. The van der Waals surface area contributed by atoms with Crippen LogP contribution in [0.3, 0.4) is 0 Å². The lowest BCUT2D eigenvalue weighted by Crippen LogP contribution is -2.15. The van der Waals surface area contributed by atoms with Crippen molar-refractivity contribution in [1.82, 2.24) is 24.4 Å². The Morgan fingerprint density at radius 3 is 2.47 bits per heavy atom. The van der Waals surface area contributed by atoms with Gasteiger partial charge in [0.25, 0.3) is 5.91 Å². The van der Waals surface area contributed by atoms with E-state index in [0.29, 0.717) is 10.1 Å². The third kappa shape index (κ3) is 4.78. The number of rotatable bonds is 5. The fourth-order valence-corrected chi connectivity index (χ4v) is 3.59. The first-order valence-corrected chi connectivity index (χ1v) is 10.5. The van der Waals surface area contributed by atoms with Gasteiger partial charge < -0.3 is 5.32 Å². The minimum Gasteiger partial charge on any atom is -0.318 e. The molecule has 0 radical (unpaired) electrons. The molecule has 7 nitrogen and oxygen atoms in total. The maximum absolute atomic E-state index is 13.8. The zero-order chi connectivity index (χ0) is 25.4. The van der Waals surface area contributed by atoms with Gasteiger partial charge in [0.05, 0.1) is 24.1 Å². The van der Waals surface area contributed by atoms with E-state index < -0.39 is 29.4 Å². The second kappa shape index (κ2) is 8.87. The molecule has 3 aromatic heterocycles. The van der Waals surface area contributed by atoms with E-state index in [1.807, 2.05) is 0 Å². The predicted octanol–water partition coefficient (Wildman–Crippen LogP) is 5.19. The molecule has 3 heterocycles. The molecule has 2 aromatic carbocycles. The van der Waals surface area contributed by atoms with Gasteiger partial charge in [-0.3, -0.25) is 9.48 Å². The Morgan fingerprint density at radius 1 is 0.972 bits per heavy atom. The lowest BCUT2D eigenvalue weighted by atomic mass is 10.1. The Hall–Kier alpha value is -4.61. The second-order valence-corrected chi connectivity index (χ2v) is 7.84. The van der Waals surface area contributed by atoms with E-state index in [4.69, 9.17) is 0 Å². The fourth-order valence-electron chi connectivity index (χ4n) is 3.59. The highest BCUT2D eigenvalue weighted by atomic mass is 19.4. The van der Waals surface area contributed by atoms with Crippen molar-refractivity contribution in [2.75, 3.05) is 5.32 Å². The molecule has 0 spiro atoms. The first-order valence-electron chi connectivity index (χ1n) is 10.5. The number of halogens is 5. The van der Waals surface area contributed by atoms with Gasteiger partial charge in [-0.05, 0) is 48.0 Å². The number of amides is 1. The van der Waals surface area contributed by atoms with E-state index in [1.54, 1.807) is 12.1 Å². The number of carbonyl (C=O) groups excluding carboxylic acids is 1. The highest BCUT2D eigenvalue weighted by molar-refractivity contribution is 6.03. The molecule has 0 unspecified atom stereocenters. The van der Waals surface area contributed by atoms with Crippen molar-refractivity contribution < 1.29 is 26.7 Å². The maximum Gasteiger partial charge on any atom is 0.433 e. The van der Waals surface area contributed by atoms with Gasteiger partial charge in [0.2, 0.25) is 0 Å². The molecule has 182 valence electrons. The number of hydrogen-bond acceptors (Lipinski definition) is 4. The van der Waals surface area contributed by atoms with Crippen molar-refractivity contribution in [2.45, 2.75) is 12.7 Å². The Morgan fingerprint density at radius 2 is 1.75 bits per heavy atom. The Kier molecular flexibility index (Phi) is 5.71. The third-order valence-corrected chi connectivity index (χ3v) is 5.21. The van der Waals surface area contributed by atoms with Crippen LogP contribution >= 0.6 is 0 Å². The molecule has 0 aliphatic heterocycles. The lowest BCUT2D eigenvalue weighted by Gasteiger charge is -2.11. The Labute approximate surface area is 199 Å². The average Bonchev–Trinajstić information content (AvgIpc) is 3.45. The molecule has 5 aromatic rings. The average molecular weight is 498 g/mol. The second-order valence-electron chi connectivity index (χ2n) is 7.84. The van der Waals surface area contributed by atoms with Gasteiger partial charge >= 0.3 is 6.18 Å². The number of alkyl halides is 3. The van der Waals surface area contributed by atoms with E-state index in [1.165, 1.54) is 41.3 Å². The third-order valence-electron chi connectivity index (χ3n) is 5.21. The van der Waals surface area contributed by atoms with Gasteiger partial charge in [0.15, 0.2) is 17.0 Å². The summed E-state index contributed by atoms with van der Waals surface area (Å²) in [5.74, 6) is -1.71. The number of nitrogens with zero attached hydrogens (tertiary/aromatic N) is 5. The van der Waals surface area contributed by atoms with E-state index in [9.17, 15) is 26.7 Å². The molecule has 5 rings (SSSR count). The number of carbonyl (C=O) groups is 1. The van der Waals surface area contributed by atoms with E-state index in [2.05, 4.69) is 20.5 Å². The monoisotopic (exact) mass is 498 g/mol. The van der Waals surface area contributed by atoms with Crippen molar-refractivity contribution in [1.29, 1.82) is 0 Å². The zero-order valence-corrected chi connectivity index (χ0v) is 18.2. The van der Waals surface area contributed by atoms with Crippen LogP contribution in [0.1, 0.15) is 21.7 Å². The van der Waals surface area contributed by atoms with Gasteiger partial charge in [0, 0.05) is 17.8 Å². The molecule has 1 amide bonds. The summed E-state index contributed by atoms with van der Waals surface area (Å²) in [6.07, 6.45) is -1.96. The van der Waals surface area contributed by atoms with Crippen LogP contribution in [0, 0.1) is 11.6 Å². The van der Waals surface area contributed by atoms with Gasteiger partial charge in [-0.1, -0.05) is 12.1 Å². The minimum absolute atomic E-state index is 0.0553. The topological polar surface area (TPSA) is 77.1 Å². The largest absolute Gasteiger partial charge is 0.433 e. The normalized spacial score (nSPS) is 11.7. The van der Waals surface area contributed by atoms with Crippen LogP contribution in [-0.4, -0.2) is 30.3 Å². The summed E-state index contributed by atoms with van der Waals surface area (Å²) < 4.78 is 69.9. The summed E-state index contributed by atoms with van der Waals surface area (Å²) in [6, 6.07) is 12.7. The molecule has 0 saturated carbocycles. The van der Waals surface area contributed by atoms with E-state index in [-0.39, 0.29) is 34.8 Å². The summed E-state index contributed by atoms with van der Waals surface area (Å²) in [5, 5.41) is 10.4. The van der Waals surface area contributed by atoms with E-state index >= 15 is 0 Å². The molecule has 0 saturated heterocycles. The highest BCUT2D eigenvalue weighted by Crippen LogP contribution is 2.32. The number of anilines is 1. The maximum atomic E-state index is 13.8. The molecule has 0 aliphatic carbocycles. The van der Waals surface area contributed by atoms with E-state index in [0.717, 1.165) is 24.3 Å². The van der Waals surface area contributed by atoms with Crippen LogP contribution < -0.4 is 5.32 Å². The molecular formula is C24H15F5N6O. The quantitative estimate of drug-likeness (QED) is 0.339. The number of hydrogen-bond donors (Lipinski definition) is 1. The first-order chi connectivity index (χ1) is 17.2. The standard InChI is InChI=1S/C24H15F5N6O/c25-16-6-4-15(5-7-16)19-9-21(24(27,28)29)35-22(32-19)10-20(33-35)23(36)31-18-11-30-34(13-18)12-14-2-1-3-17(26)8-14/h1-11,13H,12H2,(H,31,36). The lowest BCUT2D eigenvalue weighted by molar-refractivity contribution is -0.142. The van der Waals surface area contributed by atoms with Crippen LogP contribution in [0.5, 0.6) is 0 Å². The van der Waals surface area contributed by atoms with Crippen LogP contribution in [0.2, 0.25) is 0 Å². The van der Waals surface area contributed by atoms with Crippen molar-refractivity contribution in [2.24, 2.45) is 0 Å². The van der Waals surface area contributed by atoms with Crippen molar-refractivity contribution >= 4 is 17.2 Å². The molecule has 36 heavy (non-hydrogen) atoms. The van der Waals surface area contributed by atoms with Crippen LogP contribution in [0.4, 0.5) is 27.6 Å². The van der Waals surface area contributed by atoms with Crippen molar-refractivity contribution in [3.05, 3.63) is 102 Å². The first kappa shape index (κ1) is 23.1. The SMILES string of the molecule is O=C(Nc1cnn(Cc2cccc(F)c2)c1)c1cc2nc(-c3ccc(F)cc3)cc(C(F)(F)F)n2n1. The van der Waals surface area contributed by atoms with Crippen molar-refractivity contribution in [3.8, 4) is 11.3 Å². The van der Waals surface area contributed by atoms with Gasteiger partial charge in [0.1, 0.15) is 11.6 Å². The summed E-state index contributed by atoms with van der Waals surface area (Å²) >= 11 is 0. The summed E-state index contributed by atoms with van der Waals surface area (Å²) in [6.45, 7) is 0.243. The number of fused-ring (bicyclic) bond motifs is 1. The molecule has 1 N–H and O–H groups in total. The van der Waals surface area contributed by atoms with Crippen LogP contribution in [0.15, 0.2) is 73.1 Å². The summed E-state index contributed by atoms with van der Waals surface area (Å²) in [4.78, 5) is 16.9. The summed E-state index contributed by atoms with van der Waals surface area (Å²) in [5.41, 5.74) is -0.529. The number of benzene rings is 2. The smallest absolute Gasteiger partial charge is 0.318 e. The Balaban J connectivity index is 1.42. The minimum atomic E-state index is -4.80. The Bertz CT molecular complexity index is 1570. The number of aromatic nitrogens is 5. The zero-order valence-electron chi connectivity index (χ0n) is 18.2. The molecule has 0 atom stereocenters. The van der Waals surface area contributed by atoms with Crippen LogP contribution in [0.25, 0.3) is 16.9 Å². The van der Waals surface area contributed by atoms with Gasteiger partial charge in [-0.25, -0.2) is 18.3 Å². The molecule has 0 aliphatic rings. The van der Waals surface area contributed by atoms with Crippen LogP contribution in [-0.2, 0) is 12.7 Å². The predicted molar refractivity (Wildman–Crippen MR) is 119 cm³/mol.